The van der Waals surface area contributed by atoms with E-state index in [2.05, 4.69) is 4.98 Å². The monoisotopic (exact) mass is 233 g/mol. The molecule has 1 aromatic heterocycles. The Kier molecular flexibility index (Phi) is 2.40. The first-order valence-electron chi connectivity index (χ1n) is 2.20. The molecule has 0 spiro atoms. The Morgan fingerprint density at radius 3 is 2.18 bits per heavy atom. The van der Waals surface area contributed by atoms with Crippen LogP contribution in [0.15, 0.2) is 4.21 Å². The zero-order chi connectivity index (χ0) is 8.65. The highest BCUT2D eigenvalue weighted by molar-refractivity contribution is 7.88. The van der Waals surface area contributed by atoms with Crippen molar-refractivity contribution in [1.29, 1.82) is 0 Å². The molecular weight excluding hydrogens is 233 g/mol. The van der Waals surface area contributed by atoms with E-state index in [0.29, 0.717) is 11.3 Å². The van der Waals surface area contributed by atoms with Crippen LogP contribution in [0, 0.1) is 0 Å². The van der Waals surface area contributed by atoms with Crippen LogP contribution in [0.1, 0.15) is 0 Å². The summed E-state index contributed by atoms with van der Waals surface area (Å²) in [6.45, 7) is 0. The van der Waals surface area contributed by atoms with Crippen molar-refractivity contribution >= 4 is 44.7 Å². The highest BCUT2D eigenvalue weighted by Crippen LogP contribution is 2.30. The Labute approximate surface area is 76.5 Å². The molecule has 1 rings (SSSR count). The van der Waals surface area contributed by atoms with Crippen LogP contribution in [0.2, 0.25) is 9.62 Å². The fraction of sp³-hybridized carbons (Fsp3) is 0. The first kappa shape index (κ1) is 9.21. The van der Waals surface area contributed by atoms with Crippen molar-refractivity contribution in [3.8, 4) is 0 Å². The molecule has 0 aliphatic carbocycles. The summed E-state index contributed by atoms with van der Waals surface area (Å²) in [6, 6.07) is 0. The number of hydrogen-bond acceptors (Lipinski definition) is 4. The molecule has 0 saturated heterocycles. The van der Waals surface area contributed by atoms with E-state index in [1.54, 1.807) is 0 Å². The number of aromatic nitrogens is 1. The van der Waals surface area contributed by atoms with Crippen LogP contribution >= 0.6 is 34.5 Å². The number of nitrogens with zero attached hydrogens (tertiary/aromatic N) is 1. The topological polar surface area (TPSA) is 67.3 Å². The molecule has 1 heterocycles. The summed E-state index contributed by atoms with van der Waals surface area (Å²) in [5.74, 6) is 0. The fourth-order valence-corrected chi connectivity index (χ4v) is 2.80. The third-order valence-corrected chi connectivity index (χ3v) is 3.76. The molecule has 11 heavy (non-hydrogen) atoms. The van der Waals surface area contributed by atoms with Gasteiger partial charge in [0.2, 0.25) is 0 Å². The number of hydrogen-bond donors (Lipinski definition) is 1. The Bertz CT molecular complexity index is 370. The SMILES string of the molecule is O=S(=O)(O)c1sc(Cl)nc1Cl. The second-order valence-electron chi connectivity index (χ2n) is 1.52. The molecule has 0 amide bonds. The van der Waals surface area contributed by atoms with E-state index >= 15 is 0 Å². The van der Waals surface area contributed by atoms with Gasteiger partial charge in [-0.1, -0.05) is 34.5 Å². The minimum atomic E-state index is -4.27. The lowest BCUT2D eigenvalue weighted by atomic mass is 11.0. The quantitative estimate of drug-likeness (QED) is 0.751. The van der Waals surface area contributed by atoms with E-state index in [4.69, 9.17) is 27.8 Å². The summed E-state index contributed by atoms with van der Waals surface area (Å²) in [4.78, 5) is 3.39. The standard InChI is InChI=1S/C3HCl2NO3S2/c4-1-2(11(7,8)9)10-3(5)6-1/h(H,7,8,9). The van der Waals surface area contributed by atoms with Gasteiger partial charge in [-0.2, -0.15) is 8.42 Å². The second kappa shape index (κ2) is 2.87. The molecule has 1 aromatic rings. The van der Waals surface area contributed by atoms with Crippen molar-refractivity contribution in [1.82, 2.24) is 4.98 Å². The van der Waals surface area contributed by atoms with Crippen molar-refractivity contribution in [3.63, 3.8) is 0 Å². The molecule has 0 fully saturated rings. The predicted molar refractivity (Wildman–Crippen MR) is 41.9 cm³/mol. The van der Waals surface area contributed by atoms with Crippen LogP contribution in [0.5, 0.6) is 0 Å². The van der Waals surface area contributed by atoms with E-state index in [1.807, 2.05) is 0 Å². The summed E-state index contributed by atoms with van der Waals surface area (Å²) >= 11 is 11.2. The van der Waals surface area contributed by atoms with E-state index in [0.717, 1.165) is 0 Å². The van der Waals surface area contributed by atoms with Crippen molar-refractivity contribution in [2.45, 2.75) is 4.21 Å². The maximum absolute atomic E-state index is 10.4. The van der Waals surface area contributed by atoms with Crippen LogP contribution in [0.25, 0.3) is 0 Å². The minimum Gasteiger partial charge on any atom is -0.281 e. The third kappa shape index (κ3) is 2.03. The van der Waals surface area contributed by atoms with Gasteiger partial charge in [-0.25, -0.2) is 4.98 Å². The summed E-state index contributed by atoms with van der Waals surface area (Å²) in [7, 11) is -4.27. The molecular formula is C3HCl2NO3S2. The van der Waals surface area contributed by atoms with Gasteiger partial charge in [-0.15, -0.1) is 0 Å². The molecule has 1 N–H and O–H groups in total. The van der Waals surface area contributed by atoms with Crippen LogP contribution in [0.3, 0.4) is 0 Å². The Morgan fingerprint density at radius 2 is 2.00 bits per heavy atom. The van der Waals surface area contributed by atoms with Gasteiger partial charge in [0.15, 0.2) is 13.8 Å². The largest absolute Gasteiger partial charge is 0.307 e. The molecule has 0 aliphatic heterocycles. The average Bonchev–Trinajstić information content (AvgIpc) is 2.08. The van der Waals surface area contributed by atoms with E-state index in [-0.39, 0.29) is 9.62 Å². The third-order valence-electron chi connectivity index (χ3n) is 0.766. The number of halogens is 2. The lowest BCUT2D eigenvalue weighted by molar-refractivity contribution is 0.485. The van der Waals surface area contributed by atoms with Gasteiger partial charge < -0.3 is 0 Å². The molecule has 0 radical (unpaired) electrons. The Balaban J connectivity index is 3.36. The lowest BCUT2D eigenvalue weighted by Gasteiger charge is -1.87. The van der Waals surface area contributed by atoms with Gasteiger partial charge in [0, 0.05) is 0 Å². The van der Waals surface area contributed by atoms with E-state index in [1.165, 1.54) is 0 Å². The first-order valence-corrected chi connectivity index (χ1v) is 5.22. The van der Waals surface area contributed by atoms with Crippen molar-refractivity contribution in [2.75, 3.05) is 0 Å². The second-order valence-corrected chi connectivity index (χ2v) is 5.08. The summed E-state index contributed by atoms with van der Waals surface area (Å²) in [6.07, 6.45) is 0. The van der Waals surface area contributed by atoms with Crippen molar-refractivity contribution in [2.24, 2.45) is 0 Å². The Hall–Kier alpha value is 0.120. The van der Waals surface area contributed by atoms with Gasteiger partial charge in [-0.3, -0.25) is 4.55 Å². The molecule has 4 nitrogen and oxygen atoms in total. The predicted octanol–water partition coefficient (Wildman–Crippen LogP) is 1.70. The zero-order valence-electron chi connectivity index (χ0n) is 4.78. The molecule has 62 valence electrons. The smallest absolute Gasteiger partial charge is 0.281 e. The Morgan fingerprint density at radius 1 is 1.45 bits per heavy atom. The molecule has 0 bridgehead atoms. The summed E-state index contributed by atoms with van der Waals surface area (Å²) in [5.41, 5.74) is 0. The molecule has 8 heteroatoms. The van der Waals surface area contributed by atoms with Gasteiger partial charge in [0.25, 0.3) is 0 Å². The minimum absolute atomic E-state index is 0.0253. The van der Waals surface area contributed by atoms with Crippen LogP contribution in [-0.4, -0.2) is 18.0 Å². The fourth-order valence-electron chi connectivity index (χ4n) is 0.423. The summed E-state index contributed by atoms with van der Waals surface area (Å²) < 4.78 is 28.9. The van der Waals surface area contributed by atoms with Gasteiger partial charge in [-0.05, 0) is 0 Å². The van der Waals surface area contributed by atoms with E-state index < -0.39 is 14.3 Å². The normalized spacial score (nSPS) is 11.9. The number of rotatable bonds is 1. The number of thiazole rings is 1. The maximum Gasteiger partial charge on any atom is 0.307 e. The summed E-state index contributed by atoms with van der Waals surface area (Å²) in [5, 5.41) is -0.303. The van der Waals surface area contributed by atoms with Gasteiger partial charge >= 0.3 is 10.1 Å². The van der Waals surface area contributed by atoms with Gasteiger partial charge in [0.1, 0.15) is 0 Å². The zero-order valence-corrected chi connectivity index (χ0v) is 7.93. The molecule has 0 aromatic carbocycles. The highest BCUT2D eigenvalue weighted by Gasteiger charge is 2.19. The van der Waals surface area contributed by atoms with E-state index in [9.17, 15) is 8.42 Å². The van der Waals surface area contributed by atoms with Crippen molar-refractivity contribution < 1.29 is 13.0 Å². The first-order chi connectivity index (χ1) is 4.91. The molecule has 0 saturated carbocycles. The van der Waals surface area contributed by atoms with Crippen LogP contribution in [-0.2, 0) is 10.1 Å². The molecule has 0 unspecified atom stereocenters. The molecule has 0 atom stereocenters. The maximum atomic E-state index is 10.4. The molecule has 0 aliphatic rings. The van der Waals surface area contributed by atoms with Gasteiger partial charge in [0.05, 0.1) is 0 Å². The van der Waals surface area contributed by atoms with Crippen LogP contribution in [0.4, 0.5) is 0 Å². The highest BCUT2D eigenvalue weighted by atomic mass is 35.5. The van der Waals surface area contributed by atoms with Crippen LogP contribution < -0.4 is 0 Å². The average molecular weight is 234 g/mol. The van der Waals surface area contributed by atoms with Crippen molar-refractivity contribution in [3.05, 3.63) is 9.62 Å². The lowest BCUT2D eigenvalue weighted by Crippen LogP contribution is -1.94.